The third kappa shape index (κ3) is 3.97. The second-order valence-electron chi connectivity index (χ2n) is 4.15. The summed E-state index contributed by atoms with van der Waals surface area (Å²) in [5, 5.41) is 11.5. The fraction of sp³-hybridized carbons (Fsp3) is 0.0667. The first kappa shape index (κ1) is 14.9. The summed E-state index contributed by atoms with van der Waals surface area (Å²) in [4.78, 5) is 22.8. The van der Waals surface area contributed by atoms with Gasteiger partial charge in [-0.05, 0) is 17.7 Å². The van der Waals surface area contributed by atoms with Crippen molar-refractivity contribution in [1.29, 1.82) is 0 Å². The Labute approximate surface area is 126 Å². The van der Waals surface area contributed by atoms with Crippen LogP contribution in [-0.4, -0.2) is 17.2 Å². The minimum atomic E-state index is -1.22. The van der Waals surface area contributed by atoms with Crippen molar-refractivity contribution in [2.75, 3.05) is 5.32 Å². The monoisotopic (exact) mass is 305 g/mol. The van der Waals surface area contributed by atoms with E-state index in [-0.39, 0.29) is 22.9 Å². The molecule has 0 saturated heterocycles. The van der Waals surface area contributed by atoms with Gasteiger partial charge in [0.1, 0.15) is 12.2 Å². The van der Waals surface area contributed by atoms with Gasteiger partial charge in [-0.3, -0.25) is 5.32 Å². The minimum absolute atomic E-state index is 0.0448. The van der Waals surface area contributed by atoms with Crippen molar-refractivity contribution in [2.45, 2.75) is 6.61 Å². The van der Waals surface area contributed by atoms with Crippen molar-refractivity contribution in [2.24, 2.45) is 0 Å². The van der Waals surface area contributed by atoms with E-state index >= 15 is 0 Å². The molecule has 2 aromatic carbocycles. The fourth-order valence-electron chi connectivity index (χ4n) is 1.71. The molecule has 2 aromatic rings. The second kappa shape index (κ2) is 6.76. The molecule has 2 rings (SSSR count). The van der Waals surface area contributed by atoms with Gasteiger partial charge in [0.15, 0.2) is 0 Å². The van der Waals surface area contributed by atoms with Crippen LogP contribution in [0.4, 0.5) is 10.5 Å². The smallest absolute Gasteiger partial charge is 0.411 e. The summed E-state index contributed by atoms with van der Waals surface area (Å²) in [6, 6.07) is 13.6. The molecule has 0 saturated carbocycles. The van der Waals surface area contributed by atoms with Gasteiger partial charge in [0, 0.05) is 0 Å². The summed E-state index contributed by atoms with van der Waals surface area (Å²) < 4.78 is 5.02. The van der Waals surface area contributed by atoms with E-state index in [0.29, 0.717) is 0 Å². The highest BCUT2D eigenvalue weighted by molar-refractivity contribution is 6.34. The van der Waals surface area contributed by atoms with Crippen molar-refractivity contribution in [1.82, 2.24) is 0 Å². The number of carbonyl (C=O) groups excluding carboxylic acids is 1. The Morgan fingerprint density at radius 3 is 2.48 bits per heavy atom. The number of carbonyl (C=O) groups is 2. The quantitative estimate of drug-likeness (QED) is 0.901. The van der Waals surface area contributed by atoms with E-state index in [1.54, 1.807) is 6.07 Å². The molecule has 0 atom stereocenters. The molecule has 0 heterocycles. The van der Waals surface area contributed by atoms with E-state index in [9.17, 15) is 9.59 Å². The number of nitrogens with one attached hydrogen (secondary N) is 1. The first-order valence-corrected chi connectivity index (χ1v) is 6.45. The zero-order valence-electron chi connectivity index (χ0n) is 10.9. The van der Waals surface area contributed by atoms with Crippen LogP contribution in [0, 0.1) is 0 Å². The molecule has 0 fully saturated rings. The lowest BCUT2D eigenvalue weighted by Gasteiger charge is -2.10. The number of aromatic carboxylic acids is 1. The largest absolute Gasteiger partial charge is 0.478 e. The van der Waals surface area contributed by atoms with E-state index in [4.69, 9.17) is 21.4 Å². The van der Waals surface area contributed by atoms with Gasteiger partial charge in [0.2, 0.25) is 0 Å². The van der Waals surface area contributed by atoms with Crippen LogP contribution in [0.15, 0.2) is 48.5 Å². The molecule has 0 bridgehead atoms. The van der Waals surface area contributed by atoms with Crippen LogP contribution in [0.3, 0.4) is 0 Å². The van der Waals surface area contributed by atoms with E-state index in [1.807, 2.05) is 30.3 Å². The molecular formula is C15H12ClNO4. The number of hydrogen-bond acceptors (Lipinski definition) is 3. The number of benzene rings is 2. The zero-order chi connectivity index (χ0) is 15.2. The zero-order valence-corrected chi connectivity index (χ0v) is 11.6. The van der Waals surface area contributed by atoms with Crippen molar-refractivity contribution in [3.05, 3.63) is 64.7 Å². The molecular weight excluding hydrogens is 294 g/mol. The maximum absolute atomic E-state index is 11.7. The van der Waals surface area contributed by atoms with Crippen LogP contribution >= 0.6 is 11.6 Å². The first-order valence-electron chi connectivity index (χ1n) is 6.07. The molecule has 1 amide bonds. The van der Waals surface area contributed by atoms with Crippen LogP contribution in [0.25, 0.3) is 0 Å². The highest BCUT2D eigenvalue weighted by atomic mass is 35.5. The molecule has 5 nitrogen and oxygen atoms in total. The third-order valence-corrected chi connectivity index (χ3v) is 2.99. The Morgan fingerprint density at radius 2 is 1.81 bits per heavy atom. The van der Waals surface area contributed by atoms with Gasteiger partial charge < -0.3 is 9.84 Å². The van der Waals surface area contributed by atoms with Crippen LogP contribution in [0.5, 0.6) is 0 Å². The number of carboxylic acids is 1. The Hall–Kier alpha value is -2.53. The Morgan fingerprint density at radius 1 is 1.10 bits per heavy atom. The molecule has 2 N–H and O–H groups in total. The van der Waals surface area contributed by atoms with Crippen LogP contribution in [0.2, 0.25) is 5.02 Å². The number of rotatable bonds is 4. The van der Waals surface area contributed by atoms with Gasteiger partial charge in [-0.2, -0.15) is 0 Å². The number of ether oxygens (including phenoxy) is 1. The predicted octanol–water partition coefficient (Wildman–Crippen LogP) is 3.79. The van der Waals surface area contributed by atoms with Crippen LogP contribution < -0.4 is 5.32 Å². The average Bonchev–Trinajstić information content (AvgIpc) is 2.46. The van der Waals surface area contributed by atoms with Crippen LogP contribution in [0.1, 0.15) is 15.9 Å². The highest BCUT2D eigenvalue weighted by Gasteiger charge is 2.16. The number of hydrogen-bond donors (Lipinski definition) is 2. The number of amides is 1. The van der Waals surface area contributed by atoms with E-state index in [1.165, 1.54) is 12.1 Å². The third-order valence-electron chi connectivity index (χ3n) is 2.68. The van der Waals surface area contributed by atoms with Gasteiger partial charge in [0.05, 0.1) is 10.7 Å². The van der Waals surface area contributed by atoms with Gasteiger partial charge in [0.25, 0.3) is 0 Å². The summed E-state index contributed by atoms with van der Waals surface area (Å²) in [7, 11) is 0. The molecule has 0 radical (unpaired) electrons. The van der Waals surface area contributed by atoms with Gasteiger partial charge >= 0.3 is 12.1 Å². The highest BCUT2D eigenvalue weighted by Crippen LogP contribution is 2.24. The van der Waals surface area contributed by atoms with Crippen molar-refractivity contribution in [3.8, 4) is 0 Å². The first-order chi connectivity index (χ1) is 10.1. The van der Waals surface area contributed by atoms with Gasteiger partial charge in [-0.25, -0.2) is 9.59 Å². The molecule has 108 valence electrons. The van der Waals surface area contributed by atoms with Gasteiger partial charge in [-0.1, -0.05) is 48.0 Å². The predicted molar refractivity (Wildman–Crippen MR) is 78.7 cm³/mol. The summed E-state index contributed by atoms with van der Waals surface area (Å²) in [6.45, 7) is 0.0929. The van der Waals surface area contributed by atoms with Crippen molar-refractivity contribution >= 4 is 29.4 Å². The second-order valence-corrected chi connectivity index (χ2v) is 4.56. The fourth-order valence-corrected chi connectivity index (χ4v) is 1.97. The maximum Gasteiger partial charge on any atom is 0.411 e. The average molecular weight is 306 g/mol. The lowest BCUT2D eigenvalue weighted by molar-refractivity contribution is 0.0698. The Balaban J connectivity index is 2.03. The Bertz CT molecular complexity index is 658. The topological polar surface area (TPSA) is 75.6 Å². The molecule has 0 aliphatic heterocycles. The van der Waals surface area contributed by atoms with E-state index in [2.05, 4.69) is 5.32 Å². The van der Waals surface area contributed by atoms with Crippen molar-refractivity contribution in [3.63, 3.8) is 0 Å². The molecule has 0 unspecified atom stereocenters. The van der Waals surface area contributed by atoms with Crippen molar-refractivity contribution < 1.29 is 19.4 Å². The van der Waals surface area contributed by atoms with E-state index < -0.39 is 12.1 Å². The lowest BCUT2D eigenvalue weighted by Crippen LogP contribution is -2.16. The summed E-state index contributed by atoms with van der Waals surface area (Å²) in [5.41, 5.74) is 0.751. The molecule has 21 heavy (non-hydrogen) atoms. The van der Waals surface area contributed by atoms with Crippen LogP contribution in [-0.2, 0) is 11.3 Å². The molecule has 6 heteroatoms. The lowest BCUT2D eigenvalue weighted by atomic mass is 10.2. The minimum Gasteiger partial charge on any atom is -0.478 e. The summed E-state index contributed by atoms with van der Waals surface area (Å²) in [5.74, 6) is -1.22. The summed E-state index contributed by atoms with van der Waals surface area (Å²) >= 11 is 5.81. The van der Waals surface area contributed by atoms with Gasteiger partial charge in [-0.15, -0.1) is 0 Å². The SMILES string of the molecule is O=C(Nc1cccc(Cl)c1C(=O)O)OCc1ccccc1. The standard InChI is InChI=1S/C15H12ClNO4/c16-11-7-4-8-12(13(11)14(18)19)17-15(20)21-9-10-5-2-1-3-6-10/h1-8H,9H2,(H,17,20)(H,18,19). The molecule has 0 aromatic heterocycles. The molecule has 0 spiro atoms. The maximum atomic E-state index is 11.7. The Kier molecular flexibility index (Phi) is 4.79. The number of halogens is 1. The summed E-state index contributed by atoms with van der Waals surface area (Å²) in [6.07, 6.45) is -0.747. The normalized spacial score (nSPS) is 9.95. The van der Waals surface area contributed by atoms with E-state index in [0.717, 1.165) is 5.56 Å². The number of carboxylic acid groups (broad SMARTS) is 1. The number of anilines is 1. The molecule has 0 aliphatic carbocycles. The molecule has 0 aliphatic rings.